The number of rotatable bonds is 3. The summed E-state index contributed by atoms with van der Waals surface area (Å²) in [5.41, 5.74) is 3.59. The van der Waals surface area contributed by atoms with Crippen molar-refractivity contribution in [3.05, 3.63) is 24.0 Å². The molecule has 2 N–H and O–H groups in total. The number of ether oxygens (including phenoxy) is 1. The van der Waals surface area contributed by atoms with Gasteiger partial charge in [0.05, 0.1) is 18.9 Å². The minimum atomic E-state index is -1.03. The second-order valence-electron chi connectivity index (χ2n) is 3.42. The lowest BCUT2D eigenvalue weighted by Crippen LogP contribution is -2.40. The molecule has 1 fully saturated rings. The van der Waals surface area contributed by atoms with Gasteiger partial charge >= 0.3 is 5.97 Å². The summed E-state index contributed by atoms with van der Waals surface area (Å²) >= 11 is 0. The summed E-state index contributed by atoms with van der Waals surface area (Å²) < 4.78 is 5.20. The first-order valence-corrected chi connectivity index (χ1v) is 5.05. The van der Waals surface area contributed by atoms with Crippen LogP contribution in [-0.4, -0.2) is 47.4 Å². The summed E-state index contributed by atoms with van der Waals surface area (Å²) in [6, 6.07) is 3.40. The summed E-state index contributed by atoms with van der Waals surface area (Å²) in [5, 5.41) is 10.9. The van der Waals surface area contributed by atoms with Crippen LogP contribution in [0.5, 0.6) is 0 Å². The Balaban J connectivity index is 2.10. The first kappa shape index (κ1) is 10.8. The normalized spacial score (nSPS) is 17.0. The van der Waals surface area contributed by atoms with E-state index in [1.807, 2.05) is 5.01 Å². The Hall–Kier alpha value is -1.66. The zero-order valence-electron chi connectivity index (χ0n) is 8.72. The van der Waals surface area contributed by atoms with Gasteiger partial charge in [-0.2, -0.15) is 0 Å². The minimum Gasteiger partial charge on any atom is -0.476 e. The molecule has 1 aromatic heterocycles. The van der Waals surface area contributed by atoms with Crippen molar-refractivity contribution < 1.29 is 14.6 Å². The SMILES string of the molecule is O=C(O)c1ncccc1NN1CCOCC1. The zero-order chi connectivity index (χ0) is 11.4. The van der Waals surface area contributed by atoms with Gasteiger partial charge < -0.3 is 15.3 Å². The maximum absolute atomic E-state index is 10.9. The van der Waals surface area contributed by atoms with Gasteiger partial charge in [-0.25, -0.2) is 14.8 Å². The van der Waals surface area contributed by atoms with Crippen LogP contribution in [0.2, 0.25) is 0 Å². The molecule has 0 spiro atoms. The van der Waals surface area contributed by atoms with Crippen molar-refractivity contribution in [3.8, 4) is 0 Å². The molecule has 1 aliphatic heterocycles. The Morgan fingerprint density at radius 3 is 2.94 bits per heavy atom. The van der Waals surface area contributed by atoms with E-state index in [-0.39, 0.29) is 5.69 Å². The molecule has 0 atom stereocenters. The molecule has 6 heteroatoms. The van der Waals surface area contributed by atoms with E-state index in [1.165, 1.54) is 6.20 Å². The summed E-state index contributed by atoms with van der Waals surface area (Å²) in [5.74, 6) is -1.03. The molecule has 0 bridgehead atoms. The smallest absolute Gasteiger partial charge is 0.356 e. The van der Waals surface area contributed by atoms with Crippen LogP contribution in [0.3, 0.4) is 0 Å². The van der Waals surface area contributed by atoms with Gasteiger partial charge in [0.15, 0.2) is 5.69 Å². The average Bonchev–Trinajstić information content (AvgIpc) is 2.31. The molecule has 2 heterocycles. The van der Waals surface area contributed by atoms with Crippen LogP contribution in [0.4, 0.5) is 5.69 Å². The van der Waals surface area contributed by atoms with Crippen LogP contribution in [0.1, 0.15) is 10.5 Å². The van der Waals surface area contributed by atoms with Gasteiger partial charge in [-0.15, -0.1) is 0 Å². The molecule has 16 heavy (non-hydrogen) atoms. The second-order valence-corrected chi connectivity index (χ2v) is 3.42. The highest BCUT2D eigenvalue weighted by Gasteiger charge is 2.15. The third kappa shape index (κ3) is 2.47. The Labute approximate surface area is 92.8 Å². The molecule has 0 aliphatic carbocycles. The lowest BCUT2D eigenvalue weighted by molar-refractivity contribution is 0.0495. The number of anilines is 1. The number of pyridine rings is 1. The summed E-state index contributed by atoms with van der Waals surface area (Å²) in [4.78, 5) is 14.7. The highest BCUT2D eigenvalue weighted by Crippen LogP contribution is 2.13. The van der Waals surface area contributed by atoms with E-state index < -0.39 is 5.97 Å². The Bertz CT molecular complexity index is 377. The van der Waals surface area contributed by atoms with E-state index in [2.05, 4.69) is 10.4 Å². The van der Waals surface area contributed by atoms with E-state index >= 15 is 0 Å². The van der Waals surface area contributed by atoms with Gasteiger partial charge in [-0.1, -0.05) is 0 Å². The van der Waals surface area contributed by atoms with Gasteiger partial charge in [0.1, 0.15) is 0 Å². The molecule has 1 aliphatic rings. The minimum absolute atomic E-state index is 0.0361. The van der Waals surface area contributed by atoms with Crippen molar-refractivity contribution in [2.45, 2.75) is 0 Å². The number of hydrogen-bond donors (Lipinski definition) is 2. The van der Waals surface area contributed by atoms with Crippen LogP contribution in [0.25, 0.3) is 0 Å². The number of nitrogens with zero attached hydrogens (tertiary/aromatic N) is 2. The van der Waals surface area contributed by atoms with E-state index in [0.29, 0.717) is 18.9 Å². The van der Waals surface area contributed by atoms with Gasteiger partial charge in [0.25, 0.3) is 0 Å². The highest BCUT2D eigenvalue weighted by atomic mass is 16.5. The van der Waals surface area contributed by atoms with Gasteiger partial charge in [-0.3, -0.25) is 0 Å². The number of aromatic nitrogens is 1. The van der Waals surface area contributed by atoms with Crippen LogP contribution in [0, 0.1) is 0 Å². The predicted molar refractivity (Wildman–Crippen MR) is 57.2 cm³/mol. The Morgan fingerprint density at radius 1 is 1.50 bits per heavy atom. The predicted octanol–water partition coefficient (Wildman–Crippen LogP) is 0.439. The molecule has 86 valence electrons. The van der Waals surface area contributed by atoms with E-state index in [9.17, 15) is 4.79 Å². The average molecular weight is 223 g/mol. The molecule has 1 aromatic rings. The number of carboxylic acid groups (broad SMARTS) is 1. The number of nitrogens with one attached hydrogen (secondary N) is 1. The van der Waals surface area contributed by atoms with Crippen molar-refractivity contribution in [2.24, 2.45) is 0 Å². The molecule has 6 nitrogen and oxygen atoms in total. The number of morpholine rings is 1. The first-order chi connectivity index (χ1) is 7.77. The molecule has 1 saturated heterocycles. The molecular formula is C10H13N3O3. The quantitative estimate of drug-likeness (QED) is 0.774. The number of hydrogen-bond acceptors (Lipinski definition) is 5. The molecule has 0 aromatic carbocycles. The summed E-state index contributed by atoms with van der Waals surface area (Å²) in [7, 11) is 0. The lowest BCUT2D eigenvalue weighted by Gasteiger charge is -2.28. The van der Waals surface area contributed by atoms with Crippen molar-refractivity contribution in [1.29, 1.82) is 0 Å². The van der Waals surface area contributed by atoms with E-state index in [1.54, 1.807) is 12.1 Å². The highest BCUT2D eigenvalue weighted by molar-refractivity contribution is 5.91. The van der Waals surface area contributed by atoms with E-state index in [0.717, 1.165) is 13.1 Å². The van der Waals surface area contributed by atoms with Gasteiger partial charge in [0.2, 0.25) is 0 Å². The second kappa shape index (κ2) is 4.91. The Morgan fingerprint density at radius 2 is 2.25 bits per heavy atom. The fraction of sp³-hybridized carbons (Fsp3) is 0.400. The summed E-state index contributed by atoms with van der Waals surface area (Å²) in [6.45, 7) is 2.76. The fourth-order valence-electron chi connectivity index (χ4n) is 1.51. The zero-order valence-corrected chi connectivity index (χ0v) is 8.72. The standard InChI is InChI=1S/C10H13N3O3/c14-10(15)9-8(2-1-3-11-9)12-13-4-6-16-7-5-13/h1-3,12H,4-7H2,(H,14,15). The van der Waals surface area contributed by atoms with Crippen LogP contribution in [-0.2, 0) is 4.74 Å². The third-order valence-electron chi connectivity index (χ3n) is 2.30. The van der Waals surface area contributed by atoms with Crippen LogP contribution >= 0.6 is 0 Å². The Kier molecular flexibility index (Phi) is 3.33. The van der Waals surface area contributed by atoms with Crippen molar-refractivity contribution >= 4 is 11.7 Å². The number of carboxylic acids is 1. The van der Waals surface area contributed by atoms with Crippen LogP contribution < -0.4 is 5.43 Å². The van der Waals surface area contributed by atoms with Gasteiger partial charge in [0, 0.05) is 19.3 Å². The van der Waals surface area contributed by atoms with Gasteiger partial charge in [-0.05, 0) is 12.1 Å². The van der Waals surface area contributed by atoms with Crippen molar-refractivity contribution in [3.63, 3.8) is 0 Å². The molecule has 0 saturated carbocycles. The van der Waals surface area contributed by atoms with Crippen molar-refractivity contribution in [2.75, 3.05) is 31.7 Å². The maximum atomic E-state index is 10.9. The van der Waals surface area contributed by atoms with Crippen LogP contribution in [0.15, 0.2) is 18.3 Å². The molecule has 0 unspecified atom stereocenters. The molecule has 0 amide bonds. The maximum Gasteiger partial charge on any atom is 0.356 e. The lowest BCUT2D eigenvalue weighted by atomic mass is 10.3. The number of hydrazine groups is 1. The fourth-order valence-corrected chi connectivity index (χ4v) is 1.51. The molecule has 2 rings (SSSR count). The largest absolute Gasteiger partial charge is 0.476 e. The number of carbonyl (C=O) groups is 1. The molecular weight excluding hydrogens is 210 g/mol. The first-order valence-electron chi connectivity index (χ1n) is 5.05. The van der Waals surface area contributed by atoms with E-state index in [4.69, 9.17) is 9.84 Å². The van der Waals surface area contributed by atoms with Crippen molar-refractivity contribution in [1.82, 2.24) is 9.99 Å². The topological polar surface area (TPSA) is 74.7 Å². The number of aromatic carboxylic acids is 1. The molecule has 0 radical (unpaired) electrons. The third-order valence-corrected chi connectivity index (χ3v) is 2.30. The summed E-state index contributed by atoms with van der Waals surface area (Å²) in [6.07, 6.45) is 1.47. The monoisotopic (exact) mass is 223 g/mol.